The molecule has 0 radical (unpaired) electrons. The van der Waals surface area contributed by atoms with E-state index >= 15 is 0 Å². The zero-order chi connectivity index (χ0) is 18.0. The van der Waals surface area contributed by atoms with Gasteiger partial charge in [-0.1, -0.05) is 12.1 Å². The molecule has 2 atom stereocenters. The zero-order valence-electron chi connectivity index (χ0n) is 14.1. The average molecular weight is 348 g/mol. The maximum absolute atomic E-state index is 14.0. The van der Waals surface area contributed by atoms with Crippen molar-refractivity contribution in [2.24, 2.45) is 5.92 Å². The van der Waals surface area contributed by atoms with Crippen LogP contribution < -0.4 is 4.90 Å². The van der Waals surface area contributed by atoms with Crippen LogP contribution >= 0.6 is 0 Å². The van der Waals surface area contributed by atoms with Crippen molar-refractivity contribution in [2.45, 2.75) is 32.2 Å². The Morgan fingerprint density at radius 3 is 2.80 bits per heavy atom. The molecular weight excluding hydrogens is 327 g/mol. The molecule has 2 aliphatic heterocycles. The Morgan fingerprint density at radius 2 is 2.08 bits per heavy atom. The van der Waals surface area contributed by atoms with Gasteiger partial charge in [-0.2, -0.15) is 0 Å². The van der Waals surface area contributed by atoms with Crippen LogP contribution in [0.25, 0.3) is 0 Å². The van der Waals surface area contributed by atoms with E-state index in [-0.39, 0.29) is 24.0 Å². The number of halogens is 1. The van der Waals surface area contributed by atoms with Gasteiger partial charge in [-0.25, -0.2) is 9.29 Å². The first-order valence-electron chi connectivity index (χ1n) is 8.55. The first-order valence-corrected chi connectivity index (χ1v) is 8.55. The molecule has 0 unspecified atom stereocenters. The number of carbonyl (C=O) groups is 3. The third-order valence-corrected chi connectivity index (χ3v) is 4.73. The Morgan fingerprint density at radius 1 is 1.32 bits per heavy atom. The lowest BCUT2D eigenvalue weighted by Crippen LogP contribution is -2.48. The number of imide groups is 1. The van der Waals surface area contributed by atoms with E-state index in [1.165, 1.54) is 18.2 Å². The monoisotopic (exact) mass is 348 g/mol. The Bertz CT molecular complexity index is 693. The summed E-state index contributed by atoms with van der Waals surface area (Å²) in [5.41, 5.74) is -0.0149. The molecule has 0 saturated carbocycles. The van der Waals surface area contributed by atoms with Crippen molar-refractivity contribution < 1.29 is 23.5 Å². The summed E-state index contributed by atoms with van der Waals surface area (Å²) in [6, 6.07) is 5.09. The van der Waals surface area contributed by atoms with Crippen LogP contribution in [-0.2, 0) is 19.1 Å². The van der Waals surface area contributed by atoms with Crippen molar-refractivity contribution in [3.05, 3.63) is 30.1 Å². The number of amides is 2. The van der Waals surface area contributed by atoms with E-state index < -0.39 is 23.7 Å². The van der Waals surface area contributed by atoms with Gasteiger partial charge in [0.2, 0.25) is 5.91 Å². The van der Waals surface area contributed by atoms with Gasteiger partial charge >= 0.3 is 5.97 Å². The number of para-hydroxylation sites is 1. The normalized spacial score (nSPS) is 24.6. The molecule has 2 heterocycles. The minimum atomic E-state index is -0.649. The summed E-state index contributed by atoms with van der Waals surface area (Å²) in [6.45, 7) is 3.08. The van der Waals surface area contributed by atoms with Gasteiger partial charge in [-0.15, -0.1) is 0 Å². The number of esters is 1. The van der Waals surface area contributed by atoms with E-state index in [0.717, 1.165) is 11.3 Å². The standard InChI is InChI=1S/C18H21FN2O4/c1-2-25-18(24)12-6-5-9-20(11-12)15-10-16(22)21(17(15)23)14-8-4-3-7-13(14)19/h3-4,7-8,12,15H,2,5-6,9-11H2,1H3/t12-,15-/m1/s1. The maximum Gasteiger partial charge on any atom is 0.310 e. The Labute approximate surface area is 145 Å². The van der Waals surface area contributed by atoms with Crippen molar-refractivity contribution in [1.82, 2.24) is 4.90 Å². The highest BCUT2D eigenvalue weighted by molar-refractivity contribution is 6.22. The van der Waals surface area contributed by atoms with Crippen molar-refractivity contribution in [1.29, 1.82) is 0 Å². The van der Waals surface area contributed by atoms with E-state index in [9.17, 15) is 18.8 Å². The largest absolute Gasteiger partial charge is 0.466 e. The summed E-state index contributed by atoms with van der Waals surface area (Å²) in [5.74, 6) is -2.01. The molecule has 2 fully saturated rings. The van der Waals surface area contributed by atoms with Crippen LogP contribution in [0.3, 0.4) is 0 Å². The topological polar surface area (TPSA) is 66.9 Å². The molecule has 0 bridgehead atoms. The number of likely N-dealkylation sites (tertiary alicyclic amines) is 1. The highest BCUT2D eigenvalue weighted by Gasteiger charge is 2.45. The number of hydrogen-bond acceptors (Lipinski definition) is 5. The first-order chi connectivity index (χ1) is 12.0. The summed E-state index contributed by atoms with van der Waals surface area (Å²) in [5, 5.41) is 0. The van der Waals surface area contributed by atoms with Crippen LogP contribution in [0.2, 0.25) is 0 Å². The fraction of sp³-hybridized carbons (Fsp3) is 0.500. The third kappa shape index (κ3) is 3.42. The van der Waals surface area contributed by atoms with Gasteiger partial charge in [0, 0.05) is 6.54 Å². The fourth-order valence-electron chi connectivity index (χ4n) is 3.53. The summed E-state index contributed by atoms with van der Waals surface area (Å²) in [7, 11) is 0. The molecule has 7 heteroatoms. The van der Waals surface area contributed by atoms with Gasteiger partial charge in [-0.3, -0.25) is 19.3 Å². The maximum atomic E-state index is 14.0. The molecule has 2 saturated heterocycles. The summed E-state index contributed by atoms with van der Waals surface area (Å²) < 4.78 is 19.1. The number of hydrogen-bond donors (Lipinski definition) is 0. The number of nitrogens with zero attached hydrogens (tertiary/aromatic N) is 2. The molecule has 2 amide bonds. The molecule has 0 aromatic heterocycles. The predicted octanol–water partition coefficient (Wildman–Crippen LogP) is 1.73. The van der Waals surface area contributed by atoms with E-state index in [1.807, 2.05) is 4.90 Å². The Kier molecular flexibility index (Phi) is 5.13. The van der Waals surface area contributed by atoms with Crippen molar-refractivity contribution in [2.75, 3.05) is 24.6 Å². The van der Waals surface area contributed by atoms with Crippen molar-refractivity contribution in [3.8, 4) is 0 Å². The molecule has 1 aromatic carbocycles. The quantitative estimate of drug-likeness (QED) is 0.612. The molecule has 134 valence electrons. The van der Waals surface area contributed by atoms with Gasteiger partial charge in [0.1, 0.15) is 5.82 Å². The third-order valence-electron chi connectivity index (χ3n) is 4.73. The van der Waals surface area contributed by atoms with Crippen LogP contribution in [0.1, 0.15) is 26.2 Å². The van der Waals surface area contributed by atoms with Gasteiger partial charge in [0.25, 0.3) is 5.91 Å². The SMILES string of the molecule is CCOC(=O)[C@@H]1CCCN([C@@H]2CC(=O)N(c3ccccc3F)C2=O)C1. The van der Waals surface area contributed by atoms with Crippen molar-refractivity contribution in [3.63, 3.8) is 0 Å². The van der Waals surface area contributed by atoms with Gasteiger partial charge in [0.05, 0.1) is 30.7 Å². The van der Waals surface area contributed by atoms with Crippen LogP contribution in [-0.4, -0.2) is 48.4 Å². The molecule has 6 nitrogen and oxygen atoms in total. The van der Waals surface area contributed by atoms with Gasteiger partial charge in [-0.05, 0) is 38.4 Å². The minimum Gasteiger partial charge on any atom is -0.466 e. The van der Waals surface area contributed by atoms with E-state index in [2.05, 4.69) is 0 Å². The highest BCUT2D eigenvalue weighted by atomic mass is 19.1. The Hall–Kier alpha value is -2.28. The molecule has 3 rings (SSSR count). The lowest BCUT2D eigenvalue weighted by atomic mass is 9.96. The second-order valence-electron chi connectivity index (χ2n) is 6.32. The van der Waals surface area contributed by atoms with E-state index in [4.69, 9.17) is 4.74 Å². The molecule has 0 N–H and O–H groups in total. The smallest absolute Gasteiger partial charge is 0.310 e. The molecule has 25 heavy (non-hydrogen) atoms. The number of ether oxygens (including phenoxy) is 1. The summed E-state index contributed by atoms with van der Waals surface area (Å²) >= 11 is 0. The van der Waals surface area contributed by atoms with E-state index in [0.29, 0.717) is 26.1 Å². The molecule has 0 spiro atoms. The molecule has 2 aliphatic rings. The zero-order valence-corrected chi connectivity index (χ0v) is 14.1. The lowest BCUT2D eigenvalue weighted by molar-refractivity contribution is -0.150. The molecule has 0 aliphatic carbocycles. The number of benzene rings is 1. The second kappa shape index (κ2) is 7.31. The first kappa shape index (κ1) is 17.5. The average Bonchev–Trinajstić information content (AvgIpc) is 2.90. The predicted molar refractivity (Wildman–Crippen MR) is 88.2 cm³/mol. The minimum absolute atomic E-state index is 0.00269. The summed E-state index contributed by atoms with van der Waals surface area (Å²) in [6.07, 6.45) is 1.46. The van der Waals surface area contributed by atoms with Crippen LogP contribution in [0.15, 0.2) is 24.3 Å². The lowest BCUT2D eigenvalue weighted by Gasteiger charge is -2.34. The number of carbonyl (C=O) groups excluding carboxylic acids is 3. The number of rotatable bonds is 4. The number of anilines is 1. The number of piperidine rings is 1. The van der Waals surface area contributed by atoms with Gasteiger partial charge in [0.15, 0.2) is 0 Å². The van der Waals surface area contributed by atoms with Crippen molar-refractivity contribution >= 4 is 23.5 Å². The fourth-order valence-corrected chi connectivity index (χ4v) is 3.53. The van der Waals surface area contributed by atoms with Crippen LogP contribution in [0, 0.1) is 11.7 Å². The van der Waals surface area contributed by atoms with Crippen LogP contribution in [0.5, 0.6) is 0 Å². The summed E-state index contributed by atoms with van der Waals surface area (Å²) in [4.78, 5) is 39.8. The molecular formula is C18H21FN2O4. The van der Waals surface area contributed by atoms with E-state index in [1.54, 1.807) is 13.0 Å². The second-order valence-corrected chi connectivity index (χ2v) is 6.32. The highest BCUT2D eigenvalue weighted by Crippen LogP contribution is 2.30. The Balaban J connectivity index is 1.76. The van der Waals surface area contributed by atoms with Gasteiger partial charge < -0.3 is 4.74 Å². The molecule has 1 aromatic rings. The van der Waals surface area contributed by atoms with Crippen LogP contribution in [0.4, 0.5) is 10.1 Å².